The Kier molecular flexibility index (Phi) is 4.10. The maximum Gasteiger partial charge on any atom is 0.179 e. The molecule has 19 heavy (non-hydrogen) atoms. The monoisotopic (exact) mass is 259 g/mol. The zero-order valence-electron chi connectivity index (χ0n) is 12.7. The van der Waals surface area contributed by atoms with Gasteiger partial charge in [0.05, 0.1) is 6.04 Å². The van der Waals surface area contributed by atoms with E-state index in [9.17, 15) is 4.79 Å². The summed E-state index contributed by atoms with van der Waals surface area (Å²) in [7, 11) is 2.08. The van der Waals surface area contributed by atoms with Crippen LogP contribution in [-0.2, 0) is 0 Å². The zero-order valence-corrected chi connectivity index (χ0v) is 12.7. The first-order valence-corrected chi connectivity index (χ1v) is 7.25. The van der Waals surface area contributed by atoms with Gasteiger partial charge in [-0.1, -0.05) is 17.7 Å². The third-order valence-corrected chi connectivity index (χ3v) is 4.60. The summed E-state index contributed by atoms with van der Waals surface area (Å²) in [5.74, 6) is 1.04. The van der Waals surface area contributed by atoms with E-state index in [0.29, 0.717) is 6.04 Å². The highest BCUT2D eigenvalue weighted by molar-refractivity contribution is 6.01. The average molecular weight is 259 g/mol. The van der Waals surface area contributed by atoms with Gasteiger partial charge in [0.1, 0.15) is 0 Å². The molecular weight excluding hydrogens is 234 g/mol. The van der Waals surface area contributed by atoms with Crippen LogP contribution in [0.2, 0.25) is 0 Å². The van der Waals surface area contributed by atoms with E-state index in [1.807, 2.05) is 32.9 Å². The van der Waals surface area contributed by atoms with Crippen LogP contribution in [0.25, 0.3) is 0 Å². The average Bonchev–Trinajstić information content (AvgIpc) is 3.22. The van der Waals surface area contributed by atoms with Crippen molar-refractivity contribution in [3.8, 4) is 0 Å². The van der Waals surface area contributed by atoms with E-state index >= 15 is 0 Å². The van der Waals surface area contributed by atoms with Crippen LogP contribution in [0.3, 0.4) is 0 Å². The molecule has 2 nitrogen and oxygen atoms in total. The minimum Gasteiger partial charge on any atom is -0.294 e. The van der Waals surface area contributed by atoms with Gasteiger partial charge in [-0.2, -0.15) is 0 Å². The summed E-state index contributed by atoms with van der Waals surface area (Å²) < 4.78 is 0. The molecule has 2 unspecified atom stereocenters. The maximum absolute atomic E-state index is 12.7. The number of rotatable bonds is 5. The number of carbonyl (C=O) groups excluding carboxylic acids is 1. The van der Waals surface area contributed by atoms with E-state index in [1.54, 1.807) is 0 Å². The predicted octanol–water partition coefficient (Wildman–Crippen LogP) is 3.60. The van der Waals surface area contributed by atoms with E-state index in [0.717, 1.165) is 22.6 Å². The summed E-state index contributed by atoms with van der Waals surface area (Å²) in [6, 6.07) is 6.58. The molecule has 1 aromatic rings. The Morgan fingerprint density at radius 1 is 1.26 bits per heavy atom. The fourth-order valence-corrected chi connectivity index (χ4v) is 2.68. The van der Waals surface area contributed by atoms with Crippen LogP contribution in [0.5, 0.6) is 0 Å². The van der Waals surface area contributed by atoms with Gasteiger partial charge in [0.25, 0.3) is 0 Å². The second kappa shape index (κ2) is 5.46. The van der Waals surface area contributed by atoms with Crippen LogP contribution in [0.15, 0.2) is 18.2 Å². The number of hydrogen-bond donors (Lipinski definition) is 0. The smallest absolute Gasteiger partial charge is 0.179 e. The van der Waals surface area contributed by atoms with Crippen molar-refractivity contribution >= 4 is 5.78 Å². The summed E-state index contributed by atoms with van der Waals surface area (Å²) in [5, 5.41) is 0. The van der Waals surface area contributed by atoms with E-state index in [2.05, 4.69) is 24.9 Å². The van der Waals surface area contributed by atoms with Gasteiger partial charge in [-0.3, -0.25) is 9.69 Å². The Morgan fingerprint density at radius 2 is 1.89 bits per heavy atom. The normalized spacial score (nSPS) is 18.4. The van der Waals surface area contributed by atoms with E-state index < -0.39 is 0 Å². The van der Waals surface area contributed by atoms with E-state index in [1.165, 1.54) is 12.8 Å². The molecule has 0 bridgehead atoms. The van der Waals surface area contributed by atoms with Crippen LogP contribution in [0.4, 0.5) is 0 Å². The molecule has 2 heteroatoms. The molecule has 1 aliphatic rings. The molecule has 2 rings (SSSR count). The fourth-order valence-electron chi connectivity index (χ4n) is 2.68. The molecule has 0 radical (unpaired) electrons. The van der Waals surface area contributed by atoms with Gasteiger partial charge in [-0.25, -0.2) is 0 Å². The van der Waals surface area contributed by atoms with Gasteiger partial charge < -0.3 is 0 Å². The summed E-state index contributed by atoms with van der Waals surface area (Å²) in [6.45, 7) is 8.33. The Labute approximate surface area is 116 Å². The van der Waals surface area contributed by atoms with Crippen LogP contribution in [-0.4, -0.2) is 29.8 Å². The molecule has 0 spiro atoms. The van der Waals surface area contributed by atoms with Gasteiger partial charge in [-0.15, -0.1) is 0 Å². The third kappa shape index (κ3) is 3.06. The lowest BCUT2D eigenvalue weighted by Gasteiger charge is -2.30. The number of hydrogen-bond acceptors (Lipinski definition) is 2. The molecule has 0 heterocycles. The van der Waals surface area contributed by atoms with Crippen LogP contribution in [0.1, 0.15) is 48.2 Å². The first-order valence-electron chi connectivity index (χ1n) is 7.25. The van der Waals surface area contributed by atoms with Crippen molar-refractivity contribution < 1.29 is 4.79 Å². The van der Waals surface area contributed by atoms with Gasteiger partial charge >= 0.3 is 0 Å². The molecule has 104 valence electrons. The summed E-state index contributed by atoms with van der Waals surface area (Å²) >= 11 is 0. The van der Waals surface area contributed by atoms with Crippen molar-refractivity contribution in [2.75, 3.05) is 7.05 Å². The van der Waals surface area contributed by atoms with Crippen molar-refractivity contribution in [2.45, 2.75) is 52.6 Å². The number of Topliss-reactive ketones (excluding diaryl/α,β-unsaturated/α-hetero) is 1. The molecule has 0 amide bonds. The highest BCUT2D eigenvalue weighted by Gasteiger charge is 2.34. The van der Waals surface area contributed by atoms with Crippen molar-refractivity contribution in [2.24, 2.45) is 5.92 Å². The third-order valence-electron chi connectivity index (χ3n) is 4.60. The molecule has 2 atom stereocenters. The van der Waals surface area contributed by atoms with Crippen molar-refractivity contribution in [1.29, 1.82) is 0 Å². The first kappa shape index (κ1) is 14.3. The standard InChI is InChI=1S/C17H25NO/c1-11-6-7-12(2)16(10-11)17(19)14(4)18(5)13(3)15-8-9-15/h6-7,10,13-15H,8-9H2,1-5H3. The van der Waals surface area contributed by atoms with Crippen LogP contribution < -0.4 is 0 Å². The Balaban J connectivity index is 2.15. The number of ketones is 1. The summed E-state index contributed by atoms with van der Waals surface area (Å²) in [6.07, 6.45) is 2.63. The second-order valence-corrected chi connectivity index (χ2v) is 6.10. The molecule has 1 aliphatic carbocycles. The highest BCUT2D eigenvalue weighted by Crippen LogP contribution is 2.35. The van der Waals surface area contributed by atoms with Crippen molar-refractivity contribution in [1.82, 2.24) is 4.90 Å². The molecule has 0 aliphatic heterocycles. The first-order chi connectivity index (χ1) is 8.91. The number of carbonyl (C=O) groups is 1. The van der Waals surface area contributed by atoms with Gasteiger partial charge in [-0.05, 0) is 65.1 Å². The molecule has 1 saturated carbocycles. The molecule has 0 saturated heterocycles. The minimum atomic E-state index is -0.0453. The number of aryl methyl sites for hydroxylation is 2. The molecule has 0 aromatic heterocycles. The lowest BCUT2D eigenvalue weighted by Crippen LogP contribution is -2.42. The Bertz CT molecular complexity index is 476. The maximum atomic E-state index is 12.7. The SMILES string of the molecule is Cc1ccc(C)c(C(=O)C(C)N(C)C(C)C2CC2)c1. The zero-order chi connectivity index (χ0) is 14.2. The topological polar surface area (TPSA) is 20.3 Å². The lowest BCUT2D eigenvalue weighted by atomic mass is 9.97. The van der Waals surface area contributed by atoms with Crippen molar-refractivity contribution in [3.05, 3.63) is 34.9 Å². The highest BCUT2D eigenvalue weighted by atomic mass is 16.1. The lowest BCUT2D eigenvalue weighted by molar-refractivity contribution is 0.0811. The summed E-state index contributed by atoms with van der Waals surface area (Å²) in [5.41, 5.74) is 3.11. The van der Waals surface area contributed by atoms with Crippen LogP contribution in [0, 0.1) is 19.8 Å². The predicted molar refractivity (Wildman–Crippen MR) is 79.7 cm³/mol. The number of nitrogens with zero attached hydrogens (tertiary/aromatic N) is 1. The summed E-state index contributed by atoms with van der Waals surface area (Å²) in [4.78, 5) is 14.9. The number of benzene rings is 1. The fraction of sp³-hybridized carbons (Fsp3) is 0.588. The largest absolute Gasteiger partial charge is 0.294 e. The molecular formula is C17H25NO. The molecule has 0 N–H and O–H groups in total. The minimum absolute atomic E-state index is 0.0453. The van der Waals surface area contributed by atoms with Crippen molar-refractivity contribution in [3.63, 3.8) is 0 Å². The van der Waals surface area contributed by atoms with Gasteiger partial charge in [0, 0.05) is 11.6 Å². The number of likely N-dealkylation sites (N-methyl/N-ethyl adjacent to an activating group) is 1. The van der Waals surface area contributed by atoms with E-state index in [-0.39, 0.29) is 11.8 Å². The van der Waals surface area contributed by atoms with Crippen LogP contribution >= 0.6 is 0 Å². The van der Waals surface area contributed by atoms with E-state index in [4.69, 9.17) is 0 Å². The second-order valence-electron chi connectivity index (χ2n) is 6.10. The quantitative estimate of drug-likeness (QED) is 0.753. The molecule has 1 aromatic carbocycles. The van der Waals surface area contributed by atoms with Gasteiger partial charge in [0.2, 0.25) is 0 Å². The van der Waals surface area contributed by atoms with Gasteiger partial charge in [0.15, 0.2) is 5.78 Å². The Hall–Kier alpha value is -1.15. The Morgan fingerprint density at radius 3 is 2.47 bits per heavy atom. The molecule has 1 fully saturated rings.